The number of hydrogen-bond acceptors (Lipinski definition) is 3. The van der Waals surface area contributed by atoms with Crippen LogP contribution in [0.1, 0.15) is 18.4 Å². The number of piperazine rings is 1. The van der Waals surface area contributed by atoms with E-state index in [1.54, 1.807) is 0 Å². The second-order valence-corrected chi connectivity index (χ2v) is 5.49. The first kappa shape index (κ1) is 14.6. The summed E-state index contributed by atoms with van der Waals surface area (Å²) in [5.41, 5.74) is 1.18. The Morgan fingerprint density at radius 2 is 2.05 bits per heavy atom. The Labute approximate surface area is 120 Å². The molecule has 0 atom stereocenters. The smallest absolute Gasteiger partial charge is 0.138 e. The van der Waals surface area contributed by atoms with Crippen molar-refractivity contribution in [1.29, 1.82) is 0 Å². The molecule has 1 aromatic rings. The minimum absolute atomic E-state index is 0.702. The van der Waals surface area contributed by atoms with Crippen LogP contribution in [-0.2, 0) is 0 Å². The van der Waals surface area contributed by atoms with Gasteiger partial charge in [0.1, 0.15) is 5.75 Å². The van der Waals surface area contributed by atoms with Crippen LogP contribution in [0.5, 0.6) is 5.75 Å². The van der Waals surface area contributed by atoms with Gasteiger partial charge in [-0.05, 0) is 44.0 Å². The van der Waals surface area contributed by atoms with E-state index in [-0.39, 0.29) is 0 Å². The fourth-order valence-corrected chi connectivity index (χ4v) is 2.45. The van der Waals surface area contributed by atoms with Crippen LogP contribution in [0, 0.1) is 6.92 Å². The normalized spacial score (nSPS) is 16.5. The zero-order valence-corrected chi connectivity index (χ0v) is 12.4. The Balaban J connectivity index is 1.62. The predicted molar refractivity (Wildman–Crippen MR) is 80.2 cm³/mol. The minimum atomic E-state index is 0.702. The number of ether oxygens (including phenoxy) is 1. The Morgan fingerprint density at radius 3 is 2.84 bits per heavy atom. The summed E-state index contributed by atoms with van der Waals surface area (Å²) >= 11 is 6.09. The van der Waals surface area contributed by atoms with E-state index >= 15 is 0 Å². The molecule has 0 aliphatic carbocycles. The monoisotopic (exact) mass is 282 g/mol. The molecule has 3 nitrogen and oxygen atoms in total. The van der Waals surface area contributed by atoms with Gasteiger partial charge in [-0.2, -0.15) is 0 Å². The summed E-state index contributed by atoms with van der Waals surface area (Å²) in [6.07, 6.45) is 2.26. The van der Waals surface area contributed by atoms with Crippen molar-refractivity contribution in [2.24, 2.45) is 0 Å². The van der Waals surface area contributed by atoms with E-state index in [2.05, 4.69) is 10.2 Å². The first-order valence-corrected chi connectivity index (χ1v) is 7.45. The Kier molecular flexibility index (Phi) is 5.95. The molecule has 4 heteroatoms. The average Bonchev–Trinajstić information content (AvgIpc) is 2.43. The summed E-state index contributed by atoms with van der Waals surface area (Å²) in [5, 5.41) is 4.07. The quantitative estimate of drug-likeness (QED) is 0.812. The van der Waals surface area contributed by atoms with Gasteiger partial charge in [0.05, 0.1) is 11.6 Å². The van der Waals surface area contributed by atoms with E-state index in [1.165, 1.54) is 31.6 Å². The molecule has 1 aliphatic heterocycles. The summed E-state index contributed by atoms with van der Waals surface area (Å²) in [6, 6.07) is 5.89. The molecule has 19 heavy (non-hydrogen) atoms. The van der Waals surface area contributed by atoms with Crippen molar-refractivity contribution < 1.29 is 4.74 Å². The molecule has 106 valence electrons. The van der Waals surface area contributed by atoms with Gasteiger partial charge < -0.3 is 15.0 Å². The topological polar surface area (TPSA) is 24.5 Å². The zero-order valence-electron chi connectivity index (χ0n) is 11.6. The van der Waals surface area contributed by atoms with Crippen molar-refractivity contribution in [1.82, 2.24) is 10.2 Å². The molecule has 0 spiro atoms. The van der Waals surface area contributed by atoms with Crippen LogP contribution in [-0.4, -0.2) is 44.2 Å². The third-order valence-corrected chi connectivity index (χ3v) is 3.73. The lowest BCUT2D eigenvalue weighted by Gasteiger charge is -2.27. The lowest BCUT2D eigenvalue weighted by molar-refractivity contribution is 0.226. The zero-order chi connectivity index (χ0) is 13.5. The highest BCUT2D eigenvalue weighted by molar-refractivity contribution is 6.32. The summed E-state index contributed by atoms with van der Waals surface area (Å²) in [5.74, 6) is 0.809. The van der Waals surface area contributed by atoms with Gasteiger partial charge in [-0.3, -0.25) is 0 Å². The lowest BCUT2D eigenvalue weighted by Crippen LogP contribution is -2.43. The average molecular weight is 283 g/mol. The van der Waals surface area contributed by atoms with Gasteiger partial charge in [0.15, 0.2) is 0 Å². The first-order valence-electron chi connectivity index (χ1n) is 7.08. The molecule has 1 N–H and O–H groups in total. The van der Waals surface area contributed by atoms with Crippen LogP contribution in [0.25, 0.3) is 0 Å². The maximum Gasteiger partial charge on any atom is 0.138 e. The van der Waals surface area contributed by atoms with E-state index in [1.807, 2.05) is 25.1 Å². The van der Waals surface area contributed by atoms with Crippen molar-refractivity contribution in [3.8, 4) is 5.75 Å². The number of nitrogens with zero attached hydrogens (tertiary/aromatic N) is 1. The molecule has 1 fully saturated rings. The summed E-state index contributed by atoms with van der Waals surface area (Å²) < 4.78 is 5.74. The van der Waals surface area contributed by atoms with Gasteiger partial charge in [0.25, 0.3) is 0 Å². The molecule has 1 aliphatic rings. The van der Waals surface area contributed by atoms with Crippen molar-refractivity contribution in [3.05, 3.63) is 28.8 Å². The molecule has 0 bridgehead atoms. The number of hydrogen-bond donors (Lipinski definition) is 1. The van der Waals surface area contributed by atoms with Crippen LogP contribution in [0.15, 0.2) is 18.2 Å². The van der Waals surface area contributed by atoms with Crippen LogP contribution in [0.2, 0.25) is 5.02 Å². The van der Waals surface area contributed by atoms with Gasteiger partial charge in [-0.25, -0.2) is 0 Å². The minimum Gasteiger partial charge on any atom is -0.492 e. The second kappa shape index (κ2) is 7.73. The molecule has 1 aromatic carbocycles. The number of aryl methyl sites for hydroxylation is 1. The van der Waals surface area contributed by atoms with Crippen molar-refractivity contribution in [3.63, 3.8) is 0 Å². The standard InChI is InChI=1S/C15H23ClN2O/c1-13-4-5-14(16)15(12-13)19-11-3-2-8-18-9-6-17-7-10-18/h4-5,12,17H,2-3,6-11H2,1H3. The summed E-state index contributed by atoms with van der Waals surface area (Å²) in [7, 11) is 0. The molecule has 1 saturated heterocycles. The Morgan fingerprint density at radius 1 is 1.26 bits per heavy atom. The molecule has 2 rings (SSSR count). The fourth-order valence-electron chi connectivity index (χ4n) is 2.28. The van der Waals surface area contributed by atoms with Crippen LogP contribution >= 0.6 is 11.6 Å². The van der Waals surface area contributed by atoms with Crippen LogP contribution < -0.4 is 10.1 Å². The molecular formula is C15H23ClN2O. The van der Waals surface area contributed by atoms with Gasteiger partial charge in [-0.15, -0.1) is 0 Å². The molecule has 0 radical (unpaired) electrons. The number of nitrogens with one attached hydrogen (secondary N) is 1. The van der Waals surface area contributed by atoms with Gasteiger partial charge >= 0.3 is 0 Å². The highest BCUT2D eigenvalue weighted by atomic mass is 35.5. The van der Waals surface area contributed by atoms with Gasteiger partial charge in [0, 0.05) is 26.2 Å². The number of halogens is 1. The number of rotatable bonds is 6. The maximum atomic E-state index is 6.09. The molecule has 0 saturated carbocycles. The van der Waals surface area contributed by atoms with Gasteiger partial charge in [0.2, 0.25) is 0 Å². The third-order valence-electron chi connectivity index (χ3n) is 3.42. The fraction of sp³-hybridized carbons (Fsp3) is 0.600. The molecule has 1 heterocycles. The van der Waals surface area contributed by atoms with E-state index in [9.17, 15) is 0 Å². The largest absolute Gasteiger partial charge is 0.492 e. The molecule has 0 amide bonds. The van der Waals surface area contributed by atoms with Crippen molar-refractivity contribution in [2.75, 3.05) is 39.3 Å². The van der Waals surface area contributed by atoms with Crippen molar-refractivity contribution in [2.45, 2.75) is 19.8 Å². The SMILES string of the molecule is Cc1ccc(Cl)c(OCCCCN2CCNCC2)c1. The Bertz CT molecular complexity index is 392. The van der Waals surface area contributed by atoms with Crippen LogP contribution in [0.3, 0.4) is 0 Å². The second-order valence-electron chi connectivity index (χ2n) is 5.08. The number of unbranched alkanes of at least 4 members (excludes halogenated alkanes) is 1. The third kappa shape index (κ3) is 5.01. The van der Waals surface area contributed by atoms with E-state index < -0.39 is 0 Å². The van der Waals surface area contributed by atoms with Crippen molar-refractivity contribution >= 4 is 11.6 Å². The predicted octanol–water partition coefficient (Wildman–Crippen LogP) is 2.71. The molecule has 0 aromatic heterocycles. The Hall–Kier alpha value is -0.770. The first-order chi connectivity index (χ1) is 9.25. The van der Waals surface area contributed by atoms with Gasteiger partial charge in [-0.1, -0.05) is 17.7 Å². The maximum absolute atomic E-state index is 6.09. The lowest BCUT2D eigenvalue weighted by atomic mass is 10.2. The molecule has 0 unspecified atom stereocenters. The molecular weight excluding hydrogens is 260 g/mol. The van der Waals surface area contributed by atoms with Crippen LogP contribution in [0.4, 0.5) is 0 Å². The number of benzene rings is 1. The summed E-state index contributed by atoms with van der Waals surface area (Å²) in [6.45, 7) is 8.55. The van der Waals surface area contributed by atoms with E-state index in [4.69, 9.17) is 16.3 Å². The summed E-state index contributed by atoms with van der Waals surface area (Å²) in [4.78, 5) is 2.51. The highest BCUT2D eigenvalue weighted by Crippen LogP contribution is 2.25. The van der Waals surface area contributed by atoms with E-state index in [0.717, 1.165) is 31.9 Å². The van der Waals surface area contributed by atoms with E-state index in [0.29, 0.717) is 5.02 Å². The highest BCUT2D eigenvalue weighted by Gasteiger charge is 2.08.